The second kappa shape index (κ2) is 9.86. The predicted molar refractivity (Wildman–Crippen MR) is 99.0 cm³/mol. The topological polar surface area (TPSA) is 126 Å². The van der Waals surface area contributed by atoms with Gasteiger partial charge in [0.25, 0.3) is 5.91 Å². The molecule has 2 aromatic rings. The van der Waals surface area contributed by atoms with Crippen LogP contribution in [0.4, 0.5) is 0 Å². The van der Waals surface area contributed by atoms with Crippen molar-refractivity contribution >= 4 is 11.8 Å². The molecular formula is C19H23N5O4. The molecule has 148 valence electrons. The van der Waals surface area contributed by atoms with Crippen molar-refractivity contribution in [3.63, 3.8) is 0 Å². The zero-order valence-corrected chi connectivity index (χ0v) is 15.3. The molecule has 1 aliphatic heterocycles. The van der Waals surface area contributed by atoms with Crippen LogP contribution in [0.5, 0.6) is 0 Å². The van der Waals surface area contributed by atoms with Crippen LogP contribution in [-0.4, -0.2) is 56.7 Å². The van der Waals surface area contributed by atoms with E-state index in [9.17, 15) is 14.7 Å². The number of pyridine rings is 1. The molecule has 0 aromatic carbocycles. The number of nitrogens with one attached hydrogen (secondary N) is 2. The van der Waals surface area contributed by atoms with E-state index in [0.717, 1.165) is 5.69 Å². The normalized spacial score (nSPS) is 21.7. The second-order valence-corrected chi connectivity index (χ2v) is 6.56. The van der Waals surface area contributed by atoms with Crippen molar-refractivity contribution in [1.82, 2.24) is 25.6 Å². The third-order valence-corrected chi connectivity index (χ3v) is 4.56. The molecule has 2 aromatic heterocycles. The lowest BCUT2D eigenvalue weighted by Crippen LogP contribution is -2.51. The average molecular weight is 385 g/mol. The van der Waals surface area contributed by atoms with Gasteiger partial charge in [0.15, 0.2) is 0 Å². The van der Waals surface area contributed by atoms with Crippen LogP contribution in [0.15, 0.2) is 43.1 Å². The van der Waals surface area contributed by atoms with Crippen LogP contribution in [0, 0.1) is 0 Å². The molecule has 0 radical (unpaired) electrons. The molecule has 9 nitrogen and oxygen atoms in total. The van der Waals surface area contributed by atoms with Gasteiger partial charge in [0.2, 0.25) is 5.91 Å². The lowest BCUT2D eigenvalue weighted by molar-refractivity contribution is -0.131. The fourth-order valence-electron chi connectivity index (χ4n) is 3.09. The first-order valence-electron chi connectivity index (χ1n) is 9.14. The standard InChI is InChI=1S/C19H23N5O4/c25-11-17-16(24-19(27)13-2-1-6-20-9-13)4-3-15(28-17)8-18(26)22-10-14-5-7-21-12-23-14/h1-2,5-7,9,12,15-17,25H,3-4,8,10-11H2,(H,22,26)(H,24,27)/t15-,16-,17-/m0/s1. The Morgan fingerprint density at radius 2 is 2.11 bits per heavy atom. The first-order valence-corrected chi connectivity index (χ1v) is 9.14. The molecule has 1 aliphatic rings. The molecule has 0 spiro atoms. The van der Waals surface area contributed by atoms with Crippen molar-refractivity contribution in [2.24, 2.45) is 0 Å². The van der Waals surface area contributed by atoms with E-state index in [0.29, 0.717) is 24.9 Å². The predicted octanol–water partition coefficient (Wildman–Crippen LogP) is 0.216. The SMILES string of the molecule is O=C(C[C@@H]1CC[C@H](NC(=O)c2cccnc2)[C@H](CO)O1)NCc1ccncn1. The van der Waals surface area contributed by atoms with E-state index in [2.05, 4.69) is 25.6 Å². The summed E-state index contributed by atoms with van der Waals surface area (Å²) in [4.78, 5) is 36.2. The number of aliphatic hydroxyl groups excluding tert-OH is 1. The number of rotatable bonds is 7. The van der Waals surface area contributed by atoms with Crippen molar-refractivity contribution in [2.45, 2.75) is 44.1 Å². The molecule has 0 bridgehead atoms. The van der Waals surface area contributed by atoms with Crippen molar-refractivity contribution in [1.29, 1.82) is 0 Å². The van der Waals surface area contributed by atoms with Crippen molar-refractivity contribution in [3.8, 4) is 0 Å². The Kier molecular flexibility index (Phi) is 6.99. The maximum atomic E-state index is 12.3. The van der Waals surface area contributed by atoms with Crippen LogP contribution in [0.1, 0.15) is 35.3 Å². The van der Waals surface area contributed by atoms with E-state index in [1.54, 1.807) is 30.6 Å². The van der Waals surface area contributed by atoms with Crippen LogP contribution < -0.4 is 10.6 Å². The Bertz CT molecular complexity index is 774. The quantitative estimate of drug-likeness (QED) is 0.622. The van der Waals surface area contributed by atoms with Gasteiger partial charge < -0.3 is 20.5 Å². The van der Waals surface area contributed by atoms with Gasteiger partial charge in [0.05, 0.1) is 43.0 Å². The van der Waals surface area contributed by atoms with Gasteiger partial charge in [0.1, 0.15) is 12.4 Å². The van der Waals surface area contributed by atoms with Crippen molar-refractivity contribution in [2.75, 3.05) is 6.61 Å². The highest BCUT2D eigenvalue weighted by molar-refractivity contribution is 5.94. The maximum Gasteiger partial charge on any atom is 0.253 e. The molecule has 1 saturated heterocycles. The molecule has 0 saturated carbocycles. The summed E-state index contributed by atoms with van der Waals surface area (Å²) in [5, 5.41) is 15.3. The van der Waals surface area contributed by atoms with Gasteiger partial charge >= 0.3 is 0 Å². The minimum Gasteiger partial charge on any atom is -0.394 e. The first kappa shape index (κ1) is 19.8. The van der Waals surface area contributed by atoms with Gasteiger partial charge in [-0.15, -0.1) is 0 Å². The number of aliphatic hydroxyl groups is 1. The van der Waals surface area contributed by atoms with E-state index >= 15 is 0 Å². The zero-order valence-electron chi connectivity index (χ0n) is 15.3. The van der Waals surface area contributed by atoms with Crippen LogP contribution in [0.3, 0.4) is 0 Å². The number of aromatic nitrogens is 3. The van der Waals surface area contributed by atoms with Crippen molar-refractivity contribution in [3.05, 3.63) is 54.4 Å². The molecule has 28 heavy (non-hydrogen) atoms. The Morgan fingerprint density at radius 3 is 2.82 bits per heavy atom. The molecule has 1 fully saturated rings. The second-order valence-electron chi connectivity index (χ2n) is 6.56. The number of carbonyl (C=O) groups is 2. The number of nitrogens with zero attached hydrogens (tertiary/aromatic N) is 3. The molecule has 3 N–H and O–H groups in total. The molecule has 3 rings (SSSR count). The minimum atomic E-state index is -0.561. The van der Waals surface area contributed by atoms with Gasteiger partial charge in [-0.25, -0.2) is 9.97 Å². The van der Waals surface area contributed by atoms with Crippen LogP contribution in [0.2, 0.25) is 0 Å². The molecular weight excluding hydrogens is 362 g/mol. The van der Waals surface area contributed by atoms with E-state index in [1.807, 2.05) is 0 Å². The fraction of sp³-hybridized carbons (Fsp3) is 0.421. The van der Waals surface area contributed by atoms with Crippen LogP contribution in [0.25, 0.3) is 0 Å². The molecule has 3 heterocycles. The van der Waals surface area contributed by atoms with Crippen LogP contribution >= 0.6 is 0 Å². The van der Waals surface area contributed by atoms with E-state index in [-0.39, 0.29) is 37.0 Å². The summed E-state index contributed by atoms with van der Waals surface area (Å²) >= 11 is 0. The Morgan fingerprint density at radius 1 is 1.21 bits per heavy atom. The first-order chi connectivity index (χ1) is 13.7. The molecule has 0 aliphatic carbocycles. The highest BCUT2D eigenvalue weighted by Crippen LogP contribution is 2.22. The third kappa shape index (κ3) is 5.54. The van der Waals surface area contributed by atoms with E-state index in [1.165, 1.54) is 12.5 Å². The summed E-state index contributed by atoms with van der Waals surface area (Å²) in [6.07, 6.45) is 6.65. The Hall–Kier alpha value is -2.91. The summed E-state index contributed by atoms with van der Waals surface area (Å²) < 4.78 is 5.84. The lowest BCUT2D eigenvalue weighted by atomic mass is 9.96. The van der Waals surface area contributed by atoms with Gasteiger partial charge in [-0.1, -0.05) is 0 Å². The number of amides is 2. The third-order valence-electron chi connectivity index (χ3n) is 4.56. The highest BCUT2D eigenvalue weighted by atomic mass is 16.5. The smallest absolute Gasteiger partial charge is 0.253 e. The lowest BCUT2D eigenvalue weighted by Gasteiger charge is -2.36. The largest absolute Gasteiger partial charge is 0.394 e. The summed E-state index contributed by atoms with van der Waals surface area (Å²) in [7, 11) is 0. The molecule has 3 atom stereocenters. The summed E-state index contributed by atoms with van der Waals surface area (Å²) in [6.45, 7) is 0.0817. The number of hydrogen-bond donors (Lipinski definition) is 3. The monoisotopic (exact) mass is 385 g/mol. The summed E-state index contributed by atoms with van der Waals surface area (Å²) in [5.74, 6) is -0.417. The average Bonchev–Trinajstić information content (AvgIpc) is 2.74. The van der Waals surface area contributed by atoms with Gasteiger partial charge in [-0.2, -0.15) is 0 Å². The zero-order chi connectivity index (χ0) is 19.8. The van der Waals surface area contributed by atoms with Gasteiger partial charge in [-0.05, 0) is 31.0 Å². The maximum absolute atomic E-state index is 12.3. The molecule has 0 unspecified atom stereocenters. The molecule has 2 amide bonds. The van der Waals surface area contributed by atoms with Gasteiger partial charge in [0, 0.05) is 18.6 Å². The Balaban J connectivity index is 1.47. The van der Waals surface area contributed by atoms with E-state index in [4.69, 9.17) is 4.74 Å². The minimum absolute atomic E-state index is 0.154. The summed E-state index contributed by atoms with van der Waals surface area (Å²) in [5.41, 5.74) is 1.17. The Labute approximate surface area is 162 Å². The highest BCUT2D eigenvalue weighted by Gasteiger charge is 2.33. The summed E-state index contributed by atoms with van der Waals surface area (Å²) in [6, 6.07) is 4.77. The number of carbonyl (C=O) groups excluding carboxylic acids is 2. The van der Waals surface area contributed by atoms with Crippen molar-refractivity contribution < 1.29 is 19.4 Å². The number of hydrogen-bond acceptors (Lipinski definition) is 7. The fourth-order valence-corrected chi connectivity index (χ4v) is 3.09. The van der Waals surface area contributed by atoms with Crippen LogP contribution in [-0.2, 0) is 16.1 Å². The molecule has 9 heteroatoms. The van der Waals surface area contributed by atoms with E-state index < -0.39 is 6.10 Å². The van der Waals surface area contributed by atoms with Gasteiger partial charge in [-0.3, -0.25) is 14.6 Å². The number of ether oxygens (including phenoxy) is 1.